The quantitative estimate of drug-likeness (QED) is 0.746. The van der Waals surface area contributed by atoms with Gasteiger partial charge in [-0.05, 0) is 19.8 Å². The summed E-state index contributed by atoms with van der Waals surface area (Å²) in [6, 6.07) is 0.912. The lowest BCUT2D eigenvalue weighted by Gasteiger charge is -2.36. The van der Waals surface area contributed by atoms with Gasteiger partial charge in [-0.15, -0.1) is 0 Å². The number of piperazine rings is 1. The molecule has 2 aliphatic rings. The number of carbonyl (C=O) groups excluding carboxylic acids is 1. The van der Waals surface area contributed by atoms with Crippen molar-refractivity contribution in [2.24, 2.45) is 0 Å². The molecule has 17 heavy (non-hydrogen) atoms. The minimum atomic E-state index is -0.0295. The van der Waals surface area contributed by atoms with Gasteiger partial charge in [-0.25, -0.2) is 0 Å². The lowest BCUT2D eigenvalue weighted by atomic mass is 9.94. The number of nitrogens with zero attached hydrogens (tertiary/aromatic N) is 1. The van der Waals surface area contributed by atoms with Crippen LogP contribution < -0.4 is 10.6 Å². The van der Waals surface area contributed by atoms with Gasteiger partial charge in [0.25, 0.3) is 0 Å². The molecular formula is C13H25N3O. The molecule has 2 atom stereocenters. The molecule has 1 aliphatic heterocycles. The fraction of sp³-hybridized carbons (Fsp3) is 0.923. The van der Waals surface area contributed by atoms with E-state index >= 15 is 0 Å². The number of hydrogen-bond donors (Lipinski definition) is 2. The van der Waals surface area contributed by atoms with Gasteiger partial charge in [0.2, 0.25) is 5.91 Å². The van der Waals surface area contributed by atoms with E-state index in [9.17, 15) is 4.79 Å². The smallest absolute Gasteiger partial charge is 0.241 e. The highest BCUT2D eigenvalue weighted by Crippen LogP contribution is 2.22. The SMILES string of the molecule is CC1CNC(C(=O)N(C)C2CCCCC2)CN1. The van der Waals surface area contributed by atoms with Crippen LogP contribution in [0.5, 0.6) is 0 Å². The van der Waals surface area contributed by atoms with Crippen molar-refractivity contribution in [3.63, 3.8) is 0 Å². The highest BCUT2D eigenvalue weighted by Gasteiger charge is 2.29. The Labute approximate surface area is 104 Å². The Kier molecular flexibility index (Phi) is 4.40. The van der Waals surface area contributed by atoms with Crippen LogP contribution in [-0.4, -0.2) is 49.1 Å². The molecule has 1 saturated heterocycles. The van der Waals surface area contributed by atoms with Crippen LogP contribution >= 0.6 is 0 Å². The van der Waals surface area contributed by atoms with Crippen molar-refractivity contribution >= 4 is 5.91 Å². The monoisotopic (exact) mass is 239 g/mol. The first-order chi connectivity index (χ1) is 8.18. The summed E-state index contributed by atoms with van der Waals surface area (Å²) < 4.78 is 0. The number of rotatable bonds is 2. The maximum absolute atomic E-state index is 12.3. The molecule has 0 aromatic rings. The van der Waals surface area contributed by atoms with E-state index in [1.165, 1.54) is 32.1 Å². The van der Waals surface area contributed by atoms with E-state index in [1.54, 1.807) is 0 Å². The second-order valence-electron chi connectivity index (χ2n) is 5.51. The van der Waals surface area contributed by atoms with E-state index in [-0.39, 0.29) is 11.9 Å². The fourth-order valence-electron chi connectivity index (χ4n) is 2.85. The molecular weight excluding hydrogens is 214 g/mol. The number of likely N-dealkylation sites (N-methyl/N-ethyl adjacent to an activating group) is 1. The van der Waals surface area contributed by atoms with E-state index in [4.69, 9.17) is 0 Å². The second kappa shape index (κ2) is 5.83. The third kappa shape index (κ3) is 3.19. The molecule has 0 aromatic heterocycles. The summed E-state index contributed by atoms with van der Waals surface area (Å²) in [6.07, 6.45) is 6.24. The molecule has 2 fully saturated rings. The average Bonchev–Trinajstić information content (AvgIpc) is 2.39. The van der Waals surface area contributed by atoms with Crippen molar-refractivity contribution in [2.45, 2.75) is 57.2 Å². The normalized spacial score (nSPS) is 31.2. The van der Waals surface area contributed by atoms with Crippen LogP contribution in [0.1, 0.15) is 39.0 Å². The van der Waals surface area contributed by atoms with Crippen molar-refractivity contribution in [3.8, 4) is 0 Å². The molecule has 2 N–H and O–H groups in total. The van der Waals surface area contributed by atoms with Crippen LogP contribution in [0.3, 0.4) is 0 Å². The van der Waals surface area contributed by atoms with Gasteiger partial charge >= 0.3 is 0 Å². The van der Waals surface area contributed by atoms with Gasteiger partial charge in [0, 0.05) is 32.2 Å². The fourth-order valence-corrected chi connectivity index (χ4v) is 2.85. The molecule has 1 saturated carbocycles. The molecule has 1 aliphatic carbocycles. The molecule has 2 unspecified atom stereocenters. The first-order valence-corrected chi connectivity index (χ1v) is 6.92. The zero-order valence-corrected chi connectivity index (χ0v) is 11.0. The van der Waals surface area contributed by atoms with E-state index in [0.717, 1.165) is 13.1 Å². The minimum absolute atomic E-state index is 0.0295. The van der Waals surface area contributed by atoms with Crippen LogP contribution in [0.2, 0.25) is 0 Å². The molecule has 0 radical (unpaired) electrons. The summed E-state index contributed by atoms with van der Waals surface area (Å²) in [4.78, 5) is 14.3. The lowest BCUT2D eigenvalue weighted by molar-refractivity contribution is -0.135. The highest BCUT2D eigenvalue weighted by molar-refractivity contribution is 5.82. The van der Waals surface area contributed by atoms with Gasteiger partial charge in [0.15, 0.2) is 0 Å². The third-order valence-corrected chi connectivity index (χ3v) is 4.11. The van der Waals surface area contributed by atoms with Crippen LogP contribution in [0, 0.1) is 0 Å². The van der Waals surface area contributed by atoms with E-state index in [0.29, 0.717) is 12.1 Å². The maximum atomic E-state index is 12.3. The first-order valence-electron chi connectivity index (χ1n) is 6.92. The van der Waals surface area contributed by atoms with Crippen LogP contribution in [0.25, 0.3) is 0 Å². The summed E-state index contributed by atoms with van der Waals surface area (Å²) >= 11 is 0. The van der Waals surface area contributed by atoms with Crippen LogP contribution in [0.4, 0.5) is 0 Å². The van der Waals surface area contributed by atoms with Gasteiger partial charge in [-0.2, -0.15) is 0 Å². The summed E-state index contributed by atoms with van der Waals surface area (Å²) in [5.41, 5.74) is 0. The van der Waals surface area contributed by atoms with Crippen LogP contribution in [-0.2, 0) is 4.79 Å². The number of amides is 1. The van der Waals surface area contributed by atoms with E-state index < -0.39 is 0 Å². The highest BCUT2D eigenvalue weighted by atomic mass is 16.2. The average molecular weight is 239 g/mol. The summed E-state index contributed by atoms with van der Waals surface area (Å²) in [6.45, 7) is 3.78. The molecule has 4 nitrogen and oxygen atoms in total. The van der Waals surface area contributed by atoms with Crippen molar-refractivity contribution in [2.75, 3.05) is 20.1 Å². The summed E-state index contributed by atoms with van der Waals surface area (Å²) in [5, 5.41) is 6.70. The topological polar surface area (TPSA) is 44.4 Å². The Hall–Kier alpha value is -0.610. The molecule has 1 heterocycles. The maximum Gasteiger partial charge on any atom is 0.241 e. The molecule has 0 aromatic carbocycles. The largest absolute Gasteiger partial charge is 0.341 e. The molecule has 1 amide bonds. The van der Waals surface area contributed by atoms with Crippen LogP contribution in [0.15, 0.2) is 0 Å². The minimum Gasteiger partial charge on any atom is -0.341 e. The Bertz CT molecular complexity index is 255. The Morgan fingerprint density at radius 3 is 2.41 bits per heavy atom. The Morgan fingerprint density at radius 2 is 1.82 bits per heavy atom. The Morgan fingerprint density at radius 1 is 1.12 bits per heavy atom. The molecule has 2 rings (SSSR count). The standard InChI is InChI=1S/C13H25N3O/c1-10-8-15-12(9-14-10)13(17)16(2)11-6-4-3-5-7-11/h10-12,14-15H,3-9H2,1-2H3. The van der Waals surface area contributed by atoms with Crippen molar-refractivity contribution in [1.82, 2.24) is 15.5 Å². The first kappa shape index (κ1) is 12.8. The third-order valence-electron chi connectivity index (χ3n) is 4.11. The summed E-state index contributed by atoms with van der Waals surface area (Å²) in [7, 11) is 1.97. The molecule has 0 spiro atoms. The molecule has 98 valence electrons. The van der Waals surface area contributed by atoms with Gasteiger partial charge in [-0.1, -0.05) is 19.3 Å². The molecule has 4 heteroatoms. The van der Waals surface area contributed by atoms with E-state index in [1.807, 2.05) is 11.9 Å². The number of hydrogen-bond acceptors (Lipinski definition) is 3. The zero-order valence-electron chi connectivity index (χ0n) is 11.0. The number of carbonyl (C=O) groups is 1. The summed E-state index contributed by atoms with van der Waals surface area (Å²) in [5.74, 6) is 0.260. The number of nitrogens with one attached hydrogen (secondary N) is 2. The van der Waals surface area contributed by atoms with Gasteiger partial charge in [0.1, 0.15) is 0 Å². The lowest BCUT2D eigenvalue weighted by Crippen LogP contribution is -2.60. The Balaban J connectivity index is 1.85. The van der Waals surface area contributed by atoms with Crippen molar-refractivity contribution in [1.29, 1.82) is 0 Å². The van der Waals surface area contributed by atoms with E-state index in [2.05, 4.69) is 17.6 Å². The van der Waals surface area contributed by atoms with Crippen molar-refractivity contribution in [3.05, 3.63) is 0 Å². The van der Waals surface area contributed by atoms with Crippen molar-refractivity contribution < 1.29 is 4.79 Å². The van der Waals surface area contributed by atoms with Gasteiger partial charge < -0.3 is 15.5 Å². The van der Waals surface area contributed by atoms with Gasteiger partial charge in [0.05, 0.1) is 6.04 Å². The predicted molar refractivity (Wildman–Crippen MR) is 68.9 cm³/mol. The molecule has 0 bridgehead atoms. The van der Waals surface area contributed by atoms with Gasteiger partial charge in [-0.3, -0.25) is 4.79 Å². The zero-order chi connectivity index (χ0) is 12.3. The predicted octanol–water partition coefficient (Wildman–Crippen LogP) is 0.727. The second-order valence-corrected chi connectivity index (χ2v) is 5.51.